The van der Waals surface area contributed by atoms with E-state index in [4.69, 9.17) is 4.52 Å². The molecule has 0 bridgehead atoms. The van der Waals surface area contributed by atoms with Crippen LogP contribution in [0.4, 0.5) is 0 Å². The van der Waals surface area contributed by atoms with Crippen molar-refractivity contribution >= 4 is 11.8 Å². The topological polar surface area (TPSA) is 88.3 Å². The Hall–Kier alpha value is -2.70. The lowest BCUT2D eigenvalue weighted by Crippen LogP contribution is -2.43. The third-order valence-corrected chi connectivity index (χ3v) is 6.15. The van der Waals surface area contributed by atoms with Crippen LogP contribution in [-0.4, -0.2) is 46.5 Å². The minimum absolute atomic E-state index is 0.0151. The minimum atomic E-state index is 0.0151. The van der Waals surface area contributed by atoms with E-state index in [1.54, 1.807) is 0 Å². The van der Waals surface area contributed by atoms with E-state index in [1.807, 2.05) is 17.0 Å². The number of rotatable bonds is 10. The summed E-state index contributed by atoms with van der Waals surface area (Å²) in [4.78, 5) is 31.2. The number of aromatic nitrogens is 2. The zero-order valence-electron chi connectivity index (χ0n) is 19.6. The van der Waals surface area contributed by atoms with Gasteiger partial charge in [-0.05, 0) is 30.7 Å². The van der Waals surface area contributed by atoms with Crippen LogP contribution in [0, 0.1) is 5.92 Å². The molecular formula is C25H36N4O3. The van der Waals surface area contributed by atoms with Crippen molar-refractivity contribution < 1.29 is 14.1 Å². The highest BCUT2D eigenvalue weighted by Gasteiger charge is 2.27. The van der Waals surface area contributed by atoms with Crippen molar-refractivity contribution in [2.75, 3.05) is 19.6 Å². The minimum Gasteiger partial charge on any atom is -0.356 e. The van der Waals surface area contributed by atoms with Crippen molar-refractivity contribution in [3.63, 3.8) is 0 Å². The van der Waals surface area contributed by atoms with Gasteiger partial charge in [0.25, 0.3) is 0 Å². The number of piperidine rings is 1. The summed E-state index contributed by atoms with van der Waals surface area (Å²) in [6.07, 6.45) is 5.52. The van der Waals surface area contributed by atoms with Crippen LogP contribution < -0.4 is 5.32 Å². The number of carbonyl (C=O) groups excluding carboxylic acids is 2. The number of nitrogens with one attached hydrogen (secondary N) is 1. The van der Waals surface area contributed by atoms with Gasteiger partial charge in [-0.2, -0.15) is 4.98 Å². The van der Waals surface area contributed by atoms with Crippen molar-refractivity contribution in [2.24, 2.45) is 5.92 Å². The van der Waals surface area contributed by atoms with Crippen LogP contribution in [0.15, 0.2) is 28.8 Å². The Morgan fingerprint density at radius 3 is 2.53 bits per heavy atom. The molecule has 3 rings (SSSR count). The summed E-state index contributed by atoms with van der Waals surface area (Å²) in [6.45, 7) is 8.47. The van der Waals surface area contributed by atoms with Crippen LogP contribution in [0.5, 0.6) is 0 Å². The van der Waals surface area contributed by atoms with E-state index in [0.717, 1.165) is 44.2 Å². The van der Waals surface area contributed by atoms with E-state index in [1.165, 1.54) is 5.56 Å². The first-order valence-corrected chi connectivity index (χ1v) is 12.0. The van der Waals surface area contributed by atoms with Gasteiger partial charge < -0.3 is 14.7 Å². The van der Waals surface area contributed by atoms with Gasteiger partial charge in [-0.1, -0.05) is 63.0 Å². The summed E-state index contributed by atoms with van der Waals surface area (Å²) >= 11 is 0. The number of hydrogen-bond donors (Lipinski definition) is 1. The second-order valence-corrected chi connectivity index (χ2v) is 8.94. The van der Waals surface area contributed by atoms with Crippen molar-refractivity contribution in [2.45, 2.75) is 71.6 Å². The fourth-order valence-corrected chi connectivity index (χ4v) is 3.98. The molecule has 0 atom stereocenters. The lowest BCUT2D eigenvalue weighted by molar-refractivity contribution is -0.135. The van der Waals surface area contributed by atoms with Crippen LogP contribution in [0.2, 0.25) is 0 Å². The van der Waals surface area contributed by atoms with Crippen LogP contribution in [-0.2, 0) is 16.0 Å². The maximum atomic E-state index is 12.6. The van der Waals surface area contributed by atoms with Crippen molar-refractivity contribution in [1.82, 2.24) is 20.4 Å². The van der Waals surface area contributed by atoms with E-state index < -0.39 is 0 Å². The standard InChI is InChI=1S/C25H36N4O3/c1-4-5-6-15-26-25(31)21-13-16-29(17-14-21)23(30)12-11-22-27-24(28-32-22)20-9-7-19(8-10-20)18(2)3/h7-10,18,21H,4-6,11-17H2,1-3H3,(H,26,31). The summed E-state index contributed by atoms with van der Waals surface area (Å²) in [5.41, 5.74) is 2.17. The Morgan fingerprint density at radius 1 is 1.16 bits per heavy atom. The van der Waals surface area contributed by atoms with Gasteiger partial charge in [0, 0.05) is 44.0 Å². The van der Waals surface area contributed by atoms with E-state index in [2.05, 4.69) is 48.4 Å². The fourth-order valence-electron chi connectivity index (χ4n) is 3.98. The average molecular weight is 441 g/mol. The van der Waals surface area contributed by atoms with E-state index >= 15 is 0 Å². The quantitative estimate of drug-likeness (QED) is 0.555. The Kier molecular flexibility index (Phi) is 8.82. The Balaban J connectivity index is 1.41. The predicted octanol–water partition coefficient (Wildman–Crippen LogP) is 4.34. The van der Waals surface area contributed by atoms with Gasteiger partial charge in [0.15, 0.2) is 0 Å². The molecule has 7 nitrogen and oxygen atoms in total. The fraction of sp³-hybridized carbons (Fsp3) is 0.600. The molecular weight excluding hydrogens is 404 g/mol. The number of unbranched alkanes of at least 4 members (excludes halogenated alkanes) is 2. The third kappa shape index (κ3) is 6.65. The molecule has 1 aromatic heterocycles. The monoisotopic (exact) mass is 440 g/mol. The first-order chi connectivity index (χ1) is 15.5. The number of aryl methyl sites for hydroxylation is 1. The molecule has 1 aliphatic rings. The lowest BCUT2D eigenvalue weighted by Gasteiger charge is -2.31. The normalized spacial score (nSPS) is 14.7. The zero-order valence-corrected chi connectivity index (χ0v) is 19.6. The van der Waals surface area contributed by atoms with Crippen molar-refractivity contribution in [3.8, 4) is 11.4 Å². The Bertz CT molecular complexity index is 868. The third-order valence-electron chi connectivity index (χ3n) is 6.15. The highest BCUT2D eigenvalue weighted by Crippen LogP contribution is 2.22. The zero-order chi connectivity index (χ0) is 22.9. The Labute approximate surface area is 191 Å². The summed E-state index contributed by atoms with van der Waals surface area (Å²) in [6, 6.07) is 8.15. The average Bonchev–Trinajstić information content (AvgIpc) is 3.29. The summed E-state index contributed by atoms with van der Waals surface area (Å²) in [5, 5.41) is 7.09. The van der Waals surface area contributed by atoms with Gasteiger partial charge >= 0.3 is 0 Å². The molecule has 2 amide bonds. The van der Waals surface area contributed by atoms with E-state index in [9.17, 15) is 9.59 Å². The first-order valence-electron chi connectivity index (χ1n) is 12.0. The largest absolute Gasteiger partial charge is 0.356 e. The van der Waals surface area contributed by atoms with Crippen LogP contribution in [0.3, 0.4) is 0 Å². The second kappa shape index (κ2) is 11.8. The molecule has 7 heteroatoms. The van der Waals surface area contributed by atoms with Crippen molar-refractivity contribution in [1.29, 1.82) is 0 Å². The SMILES string of the molecule is CCCCCNC(=O)C1CCN(C(=O)CCc2nc(-c3ccc(C(C)C)cc3)no2)CC1. The molecule has 0 aliphatic carbocycles. The van der Waals surface area contributed by atoms with Gasteiger partial charge in [0.2, 0.25) is 23.5 Å². The first kappa shape index (κ1) is 24.0. The van der Waals surface area contributed by atoms with Gasteiger partial charge in [-0.25, -0.2) is 0 Å². The smallest absolute Gasteiger partial charge is 0.227 e. The molecule has 2 aromatic rings. The summed E-state index contributed by atoms with van der Waals surface area (Å²) < 4.78 is 5.35. The van der Waals surface area contributed by atoms with Crippen LogP contribution >= 0.6 is 0 Å². The van der Waals surface area contributed by atoms with E-state index in [-0.39, 0.29) is 17.7 Å². The molecule has 1 aliphatic heterocycles. The molecule has 0 spiro atoms. The van der Waals surface area contributed by atoms with Crippen LogP contribution in [0.25, 0.3) is 11.4 Å². The maximum Gasteiger partial charge on any atom is 0.227 e. The highest BCUT2D eigenvalue weighted by molar-refractivity contribution is 5.80. The molecule has 1 saturated heterocycles. The van der Waals surface area contributed by atoms with Crippen LogP contribution in [0.1, 0.15) is 76.7 Å². The number of amides is 2. The highest BCUT2D eigenvalue weighted by atomic mass is 16.5. The molecule has 0 unspecified atom stereocenters. The van der Waals surface area contributed by atoms with Gasteiger partial charge in [-0.3, -0.25) is 9.59 Å². The second-order valence-electron chi connectivity index (χ2n) is 8.94. The number of likely N-dealkylation sites (tertiary alicyclic amines) is 1. The van der Waals surface area contributed by atoms with Gasteiger partial charge in [0.1, 0.15) is 0 Å². The number of hydrogen-bond acceptors (Lipinski definition) is 5. The number of nitrogens with zero attached hydrogens (tertiary/aromatic N) is 3. The Morgan fingerprint density at radius 2 is 1.88 bits per heavy atom. The summed E-state index contributed by atoms with van der Waals surface area (Å²) in [5.74, 6) is 1.72. The predicted molar refractivity (Wildman–Crippen MR) is 124 cm³/mol. The molecule has 2 heterocycles. The molecule has 0 radical (unpaired) electrons. The lowest BCUT2D eigenvalue weighted by atomic mass is 9.95. The van der Waals surface area contributed by atoms with Crippen molar-refractivity contribution in [3.05, 3.63) is 35.7 Å². The number of benzene rings is 1. The van der Waals surface area contributed by atoms with Gasteiger partial charge in [-0.15, -0.1) is 0 Å². The molecule has 1 fully saturated rings. The molecule has 0 saturated carbocycles. The van der Waals surface area contributed by atoms with E-state index in [0.29, 0.717) is 43.6 Å². The molecule has 1 N–H and O–H groups in total. The maximum absolute atomic E-state index is 12.6. The summed E-state index contributed by atoms with van der Waals surface area (Å²) in [7, 11) is 0. The molecule has 174 valence electrons. The number of carbonyl (C=O) groups is 2. The molecule has 1 aromatic carbocycles. The molecule has 32 heavy (non-hydrogen) atoms. The van der Waals surface area contributed by atoms with Gasteiger partial charge in [0.05, 0.1) is 0 Å².